The van der Waals surface area contributed by atoms with Crippen molar-refractivity contribution in [3.63, 3.8) is 0 Å². The van der Waals surface area contributed by atoms with Crippen molar-refractivity contribution in [2.24, 2.45) is 0 Å². The number of esters is 1. The third-order valence-corrected chi connectivity index (χ3v) is 7.58. The van der Waals surface area contributed by atoms with Crippen LogP contribution in [0.25, 0.3) is 27.6 Å². The minimum atomic E-state index is -0.347. The molecule has 1 fully saturated rings. The van der Waals surface area contributed by atoms with Gasteiger partial charge in [0.1, 0.15) is 12.4 Å². The first kappa shape index (κ1) is 27.4. The summed E-state index contributed by atoms with van der Waals surface area (Å²) in [4.78, 5) is 14.3. The molecule has 6 rings (SSSR count). The van der Waals surface area contributed by atoms with Crippen molar-refractivity contribution >= 4 is 45.0 Å². The van der Waals surface area contributed by atoms with Crippen LogP contribution in [0.2, 0.25) is 0 Å². The van der Waals surface area contributed by atoms with E-state index < -0.39 is 0 Å². The van der Waals surface area contributed by atoms with Gasteiger partial charge in [0, 0.05) is 36.4 Å². The number of methoxy groups -OCH3 is 1. The Hall–Kier alpha value is -4.81. The van der Waals surface area contributed by atoms with Crippen LogP contribution in [0.1, 0.15) is 15.9 Å². The highest BCUT2D eigenvalue weighted by Gasteiger charge is 2.12. The smallest absolute Gasteiger partial charge is 0.337 e. The van der Waals surface area contributed by atoms with E-state index in [1.165, 1.54) is 23.6 Å². The van der Waals surface area contributed by atoms with Crippen molar-refractivity contribution in [1.82, 2.24) is 0 Å². The van der Waals surface area contributed by atoms with E-state index in [0.717, 1.165) is 59.6 Å². The van der Waals surface area contributed by atoms with E-state index in [4.69, 9.17) is 14.2 Å². The normalized spacial score (nSPS) is 13.7. The molecular weight excluding hydrogens is 524 g/mol. The zero-order chi connectivity index (χ0) is 28.7. The molecule has 5 aromatic carbocycles. The first-order valence-electron chi connectivity index (χ1n) is 14.2. The second kappa shape index (κ2) is 12.8. The van der Waals surface area contributed by atoms with Crippen LogP contribution in [0.4, 0.5) is 11.4 Å². The fraction of sp³-hybridized carbons (Fsp3) is 0.194. The molecule has 1 saturated heterocycles. The SMILES string of the molecule is COC(=O)c1ccc(C=C(CNc2ccc3ccc(N4CCOCC4)cc3c2)COc2cccc3ccccc23)cc1. The van der Waals surface area contributed by atoms with Crippen molar-refractivity contribution in [2.45, 2.75) is 0 Å². The zero-order valence-corrected chi connectivity index (χ0v) is 23.7. The molecule has 42 heavy (non-hydrogen) atoms. The molecule has 0 aromatic heterocycles. The van der Waals surface area contributed by atoms with Gasteiger partial charge in [-0.15, -0.1) is 0 Å². The Labute approximate surface area is 246 Å². The molecule has 1 aliphatic rings. The lowest BCUT2D eigenvalue weighted by Gasteiger charge is -2.29. The molecule has 0 bridgehead atoms. The molecule has 1 heterocycles. The Morgan fingerprint density at radius 3 is 2.48 bits per heavy atom. The summed E-state index contributed by atoms with van der Waals surface area (Å²) in [5, 5.41) is 8.24. The second-order valence-electron chi connectivity index (χ2n) is 10.4. The summed E-state index contributed by atoms with van der Waals surface area (Å²) in [5.41, 5.74) is 4.83. The number of hydrogen-bond acceptors (Lipinski definition) is 6. The topological polar surface area (TPSA) is 60.0 Å². The highest BCUT2D eigenvalue weighted by Crippen LogP contribution is 2.27. The van der Waals surface area contributed by atoms with Gasteiger partial charge in [-0.1, -0.05) is 66.7 Å². The van der Waals surface area contributed by atoms with Crippen LogP contribution in [0, 0.1) is 0 Å². The number of rotatable bonds is 9. The van der Waals surface area contributed by atoms with Crippen molar-refractivity contribution in [3.8, 4) is 5.75 Å². The molecule has 6 heteroatoms. The van der Waals surface area contributed by atoms with E-state index in [1.54, 1.807) is 12.1 Å². The van der Waals surface area contributed by atoms with Gasteiger partial charge in [-0.25, -0.2) is 4.79 Å². The molecule has 6 nitrogen and oxygen atoms in total. The monoisotopic (exact) mass is 558 g/mol. The Morgan fingerprint density at radius 1 is 0.857 bits per heavy atom. The average molecular weight is 559 g/mol. The summed E-state index contributed by atoms with van der Waals surface area (Å²) in [6, 6.07) is 34.9. The predicted octanol–water partition coefficient (Wildman–Crippen LogP) is 7.19. The van der Waals surface area contributed by atoms with Gasteiger partial charge in [-0.3, -0.25) is 0 Å². The summed E-state index contributed by atoms with van der Waals surface area (Å²) >= 11 is 0. The maximum atomic E-state index is 11.9. The maximum absolute atomic E-state index is 11.9. The number of nitrogens with zero attached hydrogens (tertiary/aromatic N) is 1. The summed E-state index contributed by atoms with van der Waals surface area (Å²) in [6.45, 7) is 4.36. The van der Waals surface area contributed by atoms with Crippen molar-refractivity contribution in [2.75, 3.05) is 56.8 Å². The minimum absolute atomic E-state index is 0.347. The van der Waals surface area contributed by atoms with Crippen LogP contribution in [0.15, 0.2) is 109 Å². The highest BCUT2D eigenvalue weighted by molar-refractivity contribution is 5.90. The van der Waals surface area contributed by atoms with Gasteiger partial charge in [0.15, 0.2) is 0 Å². The van der Waals surface area contributed by atoms with E-state index in [9.17, 15) is 4.79 Å². The third kappa shape index (κ3) is 6.40. The summed E-state index contributed by atoms with van der Waals surface area (Å²) < 4.78 is 16.8. The van der Waals surface area contributed by atoms with E-state index in [0.29, 0.717) is 18.7 Å². The fourth-order valence-electron chi connectivity index (χ4n) is 5.28. The largest absolute Gasteiger partial charge is 0.489 e. The first-order valence-corrected chi connectivity index (χ1v) is 14.2. The second-order valence-corrected chi connectivity index (χ2v) is 10.4. The van der Waals surface area contributed by atoms with Crippen molar-refractivity contribution in [3.05, 3.63) is 120 Å². The molecule has 1 aliphatic heterocycles. The summed E-state index contributed by atoms with van der Waals surface area (Å²) in [6.07, 6.45) is 2.11. The van der Waals surface area contributed by atoms with Gasteiger partial charge in [0.2, 0.25) is 0 Å². The molecule has 0 amide bonds. The van der Waals surface area contributed by atoms with Gasteiger partial charge < -0.3 is 24.4 Å². The van der Waals surface area contributed by atoms with Crippen LogP contribution in [0.3, 0.4) is 0 Å². The summed E-state index contributed by atoms with van der Waals surface area (Å²) in [5.74, 6) is 0.501. The Morgan fingerprint density at radius 2 is 1.64 bits per heavy atom. The maximum Gasteiger partial charge on any atom is 0.337 e. The number of benzene rings is 5. The van der Waals surface area contributed by atoms with E-state index >= 15 is 0 Å². The zero-order valence-electron chi connectivity index (χ0n) is 23.7. The third-order valence-electron chi connectivity index (χ3n) is 7.58. The lowest BCUT2D eigenvalue weighted by atomic mass is 10.1. The van der Waals surface area contributed by atoms with Crippen LogP contribution in [-0.4, -0.2) is 52.5 Å². The lowest BCUT2D eigenvalue weighted by Crippen LogP contribution is -2.36. The molecule has 5 aromatic rings. The summed E-state index contributed by atoms with van der Waals surface area (Å²) in [7, 11) is 1.39. The van der Waals surface area contributed by atoms with Crippen LogP contribution < -0.4 is 15.0 Å². The molecule has 0 spiro atoms. The van der Waals surface area contributed by atoms with Crippen LogP contribution in [0.5, 0.6) is 5.75 Å². The minimum Gasteiger partial charge on any atom is -0.489 e. The number of ether oxygens (including phenoxy) is 3. The number of morpholine rings is 1. The fourth-order valence-corrected chi connectivity index (χ4v) is 5.28. The Kier molecular flexibility index (Phi) is 8.33. The van der Waals surface area contributed by atoms with E-state index in [-0.39, 0.29) is 5.97 Å². The first-order chi connectivity index (χ1) is 20.7. The molecule has 0 radical (unpaired) electrons. The molecule has 0 unspecified atom stereocenters. The van der Waals surface area contributed by atoms with Gasteiger partial charge in [0.05, 0.1) is 25.9 Å². The number of carbonyl (C=O) groups excluding carboxylic acids is 1. The van der Waals surface area contributed by atoms with Gasteiger partial charge in [-0.2, -0.15) is 0 Å². The number of nitrogens with one attached hydrogen (secondary N) is 1. The van der Waals surface area contributed by atoms with Gasteiger partial charge in [-0.05, 0) is 69.8 Å². The predicted molar refractivity (Wildman–Crippen MR) is 171 cm³/mol. The molecule has 0 aliphatic carbocycles. The standard InChI is InChI=1S/C36H34N2O4/c1-40-36(39)30-11-9-26(10-12-30)21-27(25-42-35-8-4-6-29-5-2-3-7-34(29)35)24-37-32-15-13-28-14-16-33(23-31(28)22-32)38-17-19-41-20-18-38/h2-16,21-23,37H,17-20,24-25H2,1H3. The number of hydrogen-bond donors (Lipinski definition) is 1. The van der Waals surface area contributed by atoms with Gasteiger partial charge in [0.25, 0.3) is 0 Å². The van der Waals surface area contributed by atoms with Crippen LogP contribution >= 0.6 is 0 Å². The Bertz CT molecular complexity index is 1720. The van der Waals surface area contributed by atoms with Crippen LogP contribution in [-0.2, 0) is 9.47 Å². The van der Waals surface area contributed by atoms with Gasteiger partial charge >= 0.3 is 5.97 Å². The molecule has 0 saturated carbocycles. The number of anilines is 2. The average Bonchev–Trinajstić information content (AvgIpc) is 3.06. The molecule has 212 valence electrons. The molecular formula is C36H34N2O4. The molecule has 1 N–H and O–H groups in total. The van der Waals surface area contributed by atoms with Crippen molar-refractivity contribution in [1.29, 1.82) is 0 Å². The number of carbonyl (C=O) groups is 1. The van der Waals surface area contributed by atoms with Crippen molar-refractivity contribution < 1.29 is 19.0 Å². The molecule has 0 atom stereocenters. The Balaban J connectivity index is 1.23. The lowest BCUT2D eigenvalue weighted by molar-refractivity contribution is 0.0600. The van der Waals surface area contributed by atoms with E-state index in [2.05, 4.69) is 70.9 Å². The van der Waals surface area contributed by atoms with E-state index in [1.807, 2.05) is 36.4 Å². The number of fused-ring (bicyclic) bond motifs is 2. The highest BCUT2D eigenvalue weighted by atomic mass is 16.5. The quantitative estimate of drug-likeness (QED) is 0.193.